The summed E-state index contributed by atoms with van der Waals surface area (Å²) < 4.78 is 0. The minimum atomic E-state index is 0. The molecule has 18 heavy (non-hydrogen) atoms. The van der Waals surface area contributed by atoms with Crippen molar-refractivity contribution in [2.24, 2.45) is 5.16 Å². The Balaban J connectivity index is -0.00000000879. The average molecular weight is 269 g/mol. The summed E-state index contributed by atoms with van der Waals surface area (Å²) in [4.78, 5) is 16.7. The molecule has 0 aromatic carbocycles. The van der Waals surface area contributed by atoms with Crippen LogP contribution in [-0.4, -0.2) is 23.1 Å². The molecule has 0 amide bonds. The molecule has 0 unspecified atom stereocenters. The molecule has 6 heteroatoms. The van der Waals surface area contributed by atoms with Gasteiger partial charge in [0.1, 0.15) is 0 Å². The largest absolute Gasteiger partial charge is 0.411 e. The first-order valence-corrected chi connectivity index (χ1v) is 2.89. The van der Waals surface area contributed by atoms with Gasteiger partial charge in [-0.1, -0.05) is 56.6 Å². The van der Waals surface area contributed by atoms with Gasteiger partial charge in [0.25, 0.3) is 0 Å². The van der Waals surface area contributed by atoms with Gasteiger partial charge in [0, 0.05) is 0 Å². The van der Waals surface area contributed by atoms with Crippen LogP contribution in [0.5, 0.6) is 0 Å². The number of isocyanates is 2. The van der Waals surface area contributed by atoms with Crippen LogP contribution < -0.4 is 0 Å². The summed E-state index contributed by atoms with van der Waals surface area (Å²) in [5.74, 6) is 0. The molecule has 0 aliphatic rings. The monoisotopic (exact) mass is 269 g/mol. The van der Waals surface area contributed by atoms with Crippen molar-refractivity contribution in [2.75, 3.05) is 0 Å². The van der Waals surface area contributed by atoms with Crippen LogP contribution >= 0.6 is 0 Å². The second-order valence-corrected chi connectivity index (χ2v) is 1.39. The molecule has 0 atom stereocenters. The maximum Gasteiger partial charge on any atom is 0.231 e. The highest BCUT2D eigenvalue weighted by molar-refractivity contribution is 5.80. The Hall–Kier alpha value is -1.77. The summed E-state index contributed by atoms with van der Waals surface area (Å²) in [6.45, 7) is 3.72. The minimum Gasteiger partial charge on any atom is -0.411 e. The molecule has 0 aliphatic heterocycles. The van der Waals surface area contributed by atoms with Crippen LogP contribution in [0.25, 0.3) is 0 Å². The number of nitrogens with one attached hydrogen (secondary N) is 2. The van der Waals surface area contributed by atoms with Crippen molar-refractivity contribution in [1.29, 1.82) is 10.8 Å². The molecule has 6 nitrogen and oxygen atoms in total. The van der Waals surface area contributed by atoms with Gasteiger partial charge in [0.05, 0.1) is 5.71 Å². The van der Waals surface area contributed by atoms with Crippen LogP contribution in [0.4, 0.5) is 0 Å². The quantitative estimate of drug-likeness (QED) is 0.273. The van der Waals surface area contributed by atoms with Gasteiger partial charge in [0.2, 0.25) is 12.2 Å². The lowest BCUT2D eigenvalue weighted by Crippen LogP contribution is -1.83. The maximum absolute atomic E-state index is 8.35. The molecule has 116 valence electrons. The number of carbonyl (C=O) groups excluding carboxylic acids is 2. The van der Waals surface area contributed by atoms with E-state index in [1.807, 2.05) is 6.92 Å². The Labute approximate surface area is 114 Å². The molecule has 0 heterocycles. The lowest BCUT2D eigenvalue weighted by molar-refractivity contribution is 0.317. The first-order valence-electron chi connectivity index (χ1n) is 2.89. The number of rotatable bonds is 1. The fourth-order valence-electron chi connectivity index (χ4n) is 0.0707. The van der Waals surface area contributed by atoms with E-state index in [2.05, 4.69) is 5.16 Å². The molecule has 0 fully saturated rings. The molecule has 0 radical (unpaired) electrons. The van der Waals surface area contributed by atoms with Gasteiger partial charge in [-0.2, -0.15) is 0 Å². The molecule has 0 spiro atoms. The van der Waals surface area contributed by atoms with Crippen LogP contribution in [0.2, 0.25) is 0 Å². The first kappa shape index (κ1) is 72.0. The van der Waals surface area contributed by atoms with Gasteiger partial charge in [-0.3, -0.25) is 0 Å². The normalized spacial score (nSPS) is 4.89. The van der Waals surface area contributed by atoms with E-state index in [1.54, 1.807) is 6.92 Å². The van der Waals surface area contributed by atoms with Crippen molar-refractivity contribution < 1.29 is 14.8 Å². The van der Waals surface area contributed by atoms with Crippen molar-refractivity contribution >= 4 is 17.9 Å². The molecule has 0 aromatic rings. The fraction of sp³-hybridized carbons (Fsp3) is 0.750. The van der Waals surface area contributed by atoms with E-state index in [1.165, 1.54) is 0 Å². The van der Waals surface area contributed by atoms with Gasteiger partial charge in [-0.25, -0.2) is 20.4 Å². The highest BCUT2D eigenvalue weighted by Crippen LogP contribution is 1.78. The van der Waals surface area contributed by atoms with E-state index in [-0.39, 0.29) is 44.6 Å². The van der Waals surface area contributed by atoms with E-state index in [4.69, 9.17) is 25.6 Å². The summed E-state index contributed by atoms with van der Waals surface area (Å²) in [6.07, 6.45) is 2.33. The van der Waals surface area contributed by atoms with Gasteiger partial charge in [0.15, 0.2) is 0 Å². The van der Waals surface area contributed by atoms with Gasteiger partial charge in [-0.15, -0.1) is 0 Å². The number of hydrogen-bond acceptors (Lipinski definition) is 6. The van der Waals surface area contributed by atoms with Crippen LogP contribution in [-0.2, 0) is 9.59 Å². The fourth-order valence-corrected chi connectivity index (χ4v) is 0.0707. The van der Waals surface area contributed by atoms with Crippen molar-refractivity contribution in [3.8, 4) is 0 Å². The second kappa shape index (κ2) is 113. The van der Waals surface area contributed by atoms with Gasteiger partial charge < -0.3 is 5.21 Å². The molecule has 0 aliphatic carbocycles. The van der Waals surface area contributed by atoms with Gasteiger partial charge >= 0.3 is 0 Å². The maximum atomic E-state index is 8.35. The van der Waals surface area contributed by atoms with E-state index in [0.29, 0.717) is 0 Å². The Bertz CT molecular complexity index is 169. The predicted molar refractivity (Wildman–Crippen MR) is 82.4 cm³/mol. The first-order chi connectivity index (χ1) is 5.64. The SMILES string of the molecule is C.C.C.C.C.C.CCC(C)=NO.N=C=O.N=C=O. The zero-order valence-electron chi connectivity index (χ0n) is 6.92. The summed E-state index contributed by atoms with van der Waals surface area (Å²) >= 11 is 0. The molecule has 3 N–H and O–H groups in total. The summed E-state index contributed by atoms with van der Waals surface area (Å²) in [5.41, 5.74) is 0.773. The number of oxime groups is 1. The van der Waals surface area contributed by atoms with Crippen LogP contribution in [0.1, 0.15) is 64.8 Å². The Morgan fingerprint density at radius 3 is 1.17 bits per heavy atom. The van der Waals surface area contributed by atoms with Crippen molar-refractivity contribution in [3.05, 3.63) is 0 Å². The topological polar surface area (TPSA) is 114 Å². The van der Waals surface area contributed by atoms with E-state index in [0.717, 1.165) is 24.3 Å². The lowest BCUT2D eigenvalue weighted by Gasteiger charge is -1.81. The third kappa shape index (κ3) is 501. The van der Waals surface area contributed by atoms with Crippen LogP contribution in [0.3, 0.4) is 0 Å². The summed E-state index contributed by atoms with van der Waals surface area (Å²) in [7, 11) is 0. The summed E-state index contributed by atoms with van der Waals surface area (Å²) in [5, 5.41) is 21.7. The molecule has 0 saturated heterocycles. The molecule has 0 aromatic heterocycles. The molecule has 0 bridgehead atoms. The predicted octanol–water partition coefficient (Wildman–Crippen LogP) is 4.87. The van der Waals surface area contributed by atoms with Crippen molar-refractivity contribution in [1.82, 2.24) is 0 Å². The molecule has 0 rings (SSSR count). The Kier molecular flexibility index (Phi) is 451. The van der Waals surface area contributed by atoms with E-state index < -0.39 is 0 Å². The van der Waals surface area contributed by atoms with E-state index in [9.17, 15) is 0 Å². The Morgan fingerprint density at radius 1 is 1.00 bits per heavy atom. The minimum absolute atomic E-state index is 0. The Morgan fingerprint density at radius 2 is 1.17 bits per heavy atom. The average Bonchev–Trinajstić information content (AvgIpc) is 2.06. The van der Waals surface area contributed by atoms with Crippen molar-refractivity contribution in [2.45, 2.75) is 64.8 Å². The molecular weight excluding hydrogens is 234 g/mol. The second-order valence-electron chi connectivity index (χ2n) is 1.39. The number of hydrogen-bond donors (Lipinski definition) is 3. The standard InChI is InChI=1S/C4H9NO.2CHNO.6CH4/c1-3-4(2)5-6;2*2-1-3;;;;;;/h6H,3H2,1-2H3;2*2H;6*1H4. The zero-order chi connectivity index (χ0) is 10.4. The van der Waals surface area contributed by atoms with Crippen LogP contribution in [0.15, 0.2) is 5.16 Å². The highest BCUT2D eigenvalue weighted by atomic mass is 16.4. The third-order valence-electron chi connectivity index (χ3n) is 0.682. The number of nitrogens with zero attached hydrogens (tertiary/aromatic N) is 1. The van der Waals surface area contributed by atoms with E-state index >= 15 is 0 Å². The van der Waals surface area contributed by atoms with Gasteiger partial charge in [-0.05, 0) is 13.3 Å². The third-order valence-corrected chi connectivity index (χ3v) is 0.682. The van der Waals surface area contributed by atoms with Crippen LogP contribution in [0, 0.1) is 10.8 Å². The molecule has 0 saturated carbocycles. The van der Waals surface area contributed by atoms with Crippen molar-refractivity contribution in [3.63, 3.8) is 0 Å². The zero-order valence-corrected chi connectivity index (χ0v) is 6.92. The highest BCUT2D eigenvalue weighted by Gasteiger charge is 1.77. The molecular formula is C12H35N3O3. The lowest BCUT2D eigenvalue weighted by atomic mass is 10.3. The smallest absolute Gasteiger partial charge is 0.231 e. The summed E-state index contributed by atoms with van der Waals surface area (Å²) in [6, 6.07) is 0.